The fraction of sp³-hybridized carbons (Fsp3) is 0.571. The summed E-state index contributed by atoms with van der Waals surface area (Å²) in [5, 5.41) is 0.240. The van der Waals surface area contributed by atoms with E-state index in [0.29, 0.717) is 17.9 Å². The Morgan fingerprint density at radius 3 is 3.14 bits per heavy atom. The number of hydrogen-bond acceptors (Lipinski definition) is 5. The van der Waals surface area contributed by atoms with E-state index in [0.717, 1.165) is 32.4 Å². The zero-order valence-electron chi connectivity index (χ0n) is 12.1. The second-order valence-electron chi connectivity index (χ2n) is 5.09. The second kappa shape index (κ2) is 7.59. The van der Waals surface area contributed by atoms with E-state index in [9.17, 15) is 4.79 Å². The van der Waals surface area contributed by atoms with Gasteiger partial charge >= 0.3 is 0 Å². The number of amides is 1. The highest BCUT2D eigenvalue weighted by Crippen LogP contribution is 2.19. The van der Waals surface area contributed by atoms with Crippen LogP contribution >= 0.6 is 11.6 Å². The molecule has 21 heavy (non-hydrogen) atoms. The average Bonchev–Trinajstić information content (AvgIpc) is 2.51. The third kappa shape index (κ3) is 4.30. The Hall–Kier alpha value is -1.37. The van der Waals surface area contributed by atoms with Gasteiger partial charge in [-0.25, -0.2) is 10.8 Å². The molecule has 1 aliphatic rings. The maximum absolute atomic E-state index is 12.6. The Bertz CT molecular complexity index is 498. The van der Waals surface area contributed by atoms with E-state index in [1.165, 1.54) is 0 Å². The van der Waals surface area contributed by atoms with Crippen molar-refractivity contribution in [2.75, 3.05) is 25.1 Å². The fourth-order valence-corrected chi connectivity index (χ4v) is 2.63. The Morgan fingerprint density at radius 2 is 2.43 bits per heavy atom. The van der Waals surface area contributed by atoms with Gasteiger partial charge in [0.25, 0.3) is 5.91 Å². The summed E-state index contributed by atoms with van der Waals surface area (Å²) in [5.74, 6) is 5.63. The molecule has 1 aliphatic heterocycles. The monoisotopic (exact) mass is 312 g/mol. The van der Waals surface area contributed by atoms with Gasteiger partial charge in [-0.2, -0.15) is 0 Å². The summed E-state index contributed by atoms with van der Waals surface area (Å²) >= 11 is 5.91. The number of carbonyl (C=O) groups excluding carboxylic acids is 1. The van der Waals surface area contributed by atoms with Crippen LogP contribution in [0, 0.1) is 0 Å². The van der Waals surface area contributed by atoms with E-state index >= 15 is 0 Å². The van der Waals surface area contributed by atoms with Crippen molar-refractivity contribution < 1.29 is 9.53 Å². The van der Waals surface area contributed by atoms with Gasteiger partial charge in [-0.1, -0.05) is 18.5 Å². The first-order valence-electron chi connectivity index (χ1n) is 7.19. The predicted octanol–water partition coefficient (Wildman–Crippen LogP) is 2.05. The number of nitrogens with two attached hydrogens (primary N) is 1. The highest BCUT2D eigenvalue weighted by molar-refractivity contribution is 6.29. The molecule has 6 nitrogen and oxygen atoms in total. The van der Waals surface area contributed by atoms with E-state index < -0.39 is 0 Å². The molecule has 2 rings (SSSR count). The summed E-state index contributed by atoms with van der Waals surface area (Å²) in [6, 6.07) is 3.16. The average molecular weight is 313 g/mol. The molecule has 7 heteroatoms. The molecule has 0 bridgehead atoms. The number of nitrogen functional groups attached to an aromatic ring is 1. The number of hydrogen-bond donors (Lipinski definition) is 2. The van der Waals surface area contributed by atoms with Gasteiger partial charge in [0.1, 0.15) is 11.0 Å². The minimum atomic E-state index is -0.0689. The number of ether oxygens (including phenoxy) is 1. The van der Waals surface area contributed by atoms with Gasteiger partial charge in [0.2, 0.25) is 0 Å². The topological polar surface area (TPSA) is 80.5 Å². The van der Waals surface area contributed by atoms with Crippen molar-refractivity contribution in [1.82, 2.24) is 9.88 Å². The first kappa shape index (κ1) is 16.0. The minimum absolute atomic E-state index is 0.0689. The van der Waals surface area contributed by atoms with E-state index in [2.05, 4.69) is 17.3 Å². The maximum Gasteiger partial charge on any atom is 0.254 e. The van der Waals surface area contributed by atoms with E-state index in [1.54, 1.807) is 17.0 Å². The molecule has 2 heterocycles. The molecule has 1 aromatic rings. The molecule has 116 valence electrons. The summed E-state index contributed by atoms with van der Waals surface area (Å²) < 4.78 is 5.75. The van der Waals surface area contributed by atoms with Crippen molar-refractivity contribution in [2.24, 2.45) is 5.84 Å². The SMILES string of the molecule is CCCOC1CCCN(C(=O)c2cc(Cl)nc(NN)c2)C1. The Morgan fingerprint density at radius 1 is 1.62 bits per heavy atom. The van der Waals surface area contributed by atoms with Crippen LogP contribution in [0.2, 0.25) is 5.15 Å². The summed E-state index contributed by atoms with van der Waals surface area (Å²) in [6.45, 7) is 4.15. The minimum Gasteiger partial charge on any atom is -0.376 e. The highest BCUT2D eigenvalue weighted by Gasteiger charge is 2.25. The lowest BCUT2D eigenvalue weighted by atomic mass is 10.1. The molecule has 0 radical (unpaired) electrons. The van der Waals surface area contributed by atoms with E-state index in [4.69, 9.17) is 22.2 Å². The molecule has 1 fully saturated rings. The number of piperidine rings is 1. The molecule has 0 aromatic carbocycles. The van der Waals surface area contributed by atoms with Crippen molar-refractivity contribution in [1.29, 1.82) is 0 Å². The number of anilines is 1. The van der Waals surface area contributed by atoms with Crippen LogP contribution in [0.5, 0.6) is 0 Å². The Labute approximate surface area is 129 Å². The number of rotatable bonds is 5. The van der Waals surface area contributed by atoms with Gasteiger partial charge in [-0.15, -0.1) is 0 Å². The molecular formula is C14H21ClN4O2. The zero-order valence-corrected chi connectivity index (χ0v) is 12.9. The molecule has 0 saturated carbocycles. The molecule has 1 atom stereocenters. The summed E-state index contributed by atoms with van der Waals surface area (Å²) in [4.78, 5) is 18.3. The standard InChI is InChI=1S/C14H21ClN4O2/c1-2-6-21-11-4-3-5-19(9-11)14(20)10-7-12(15)17-13(8-10)18-16/h7-8,11H,2-6,9,16H2,1H3,(H,17,18). The smallest absolute Gasteiger partial charge is 0.254 e. The molecule has 1 aromatic heterocycles. The summed E-state index contributed by atoms with van der Waals surface area (Å²) in [5.41, 5.74) is 2.90. The van der Waals surface area contributed by atoms with Gasteiger partial charge in [-0.05, 0) is 31.4 Å². The number of aromatic nitrogens is 1. The van der Waals surface area contributed by atoms with Crippen molar-refractivity contribution in [3.63, 3.8) is 0 Å². The number of pyridine rings is 1. The lowest BCUT2D eigenvalue weighted by Gasteiger charge is -2.32. The van der Waals surface area contributed by atoms with Crippen LogP contribution in [0.15, 0.2) is 12.1 Å². The third-order valence-corrected chi connectivity index (χ3v) is 3.61. The molecule has 0 spiro atoms. The predicted molar refractivity (Wildman–Crippen MR) is 82.2 cm³/mol. The van der Waals surface area contributed by atoms with Crippen LogP contribution in [0.25, 0.3) is 0 Å². The lowest BCUT2D eigenvalue weighted by Crippen LogP contribution is -2.43. The summed E-state index contributed by atoms with van der Waals surface area (Å²) in [7, 11) is 0. The largest absolute Gasteiger partial charge is 0.376 e. The van der Waals surface area contributed by atoms with Gasteiger partial charge in [-0.3, -0.25) is 4.79 Å². The number of carbonyl (C=O) groups is 1. The van der Waals surface area contributed by atoms with Gasteiger partial charge < -0.3 is 15.1 Å². The van der Waals surface area contributed by atoms with Crippen molar-refractivity contribution in [3.8, 4) is 0 Å². The number of nitrogens with one attached hydrogen (secondary N) is 1. The zero-order chi connectivity index (χ0) is 15.2. The van der Waals surface area contributed by atoms with E-state index in [1.807, 2.05) is 0 Å². The number of likely N-dealkylation sites (tertiary alicyclic amines) is 1. The number of hydrazine groups is 1. The van der Waals surface area contributed by atoms with Gasteiger partial charge in [0, 0.05) is 25.3 Å². The van der Waals surface area contributed by atoms with Crippen molar-refractivity contribution >= 4 is 23.3 Å². The Kier molecular flexibility index (Phi) is 5.78. The normalized spacial score (nSPS) is 18.6. The van der Waals surface area contributed by atoms with Crippen LogP contribution < -0.4 is 11.3 Å². The van der Waals surface area contributed by atoms with Crippen LogP contribution in [-0.4, -0.2) is 41.6 Å². The molecule has 3 N–H and O–H groups in total. The molecular weight excluding hydrogens is 292 g/mol. The molecule has 1 unspecified atom stereocenters. The quantitative estimate of drug-likeness (QED) is 0.494. The van der Waals surface area contributed by atoms with Crippen molar-refractivity contribution in [2.45, 2.75) is 32.3 Å². The van der Waals surface area contributed by atoms with Gasteiger partial charge in [0.05, 0.1) is 6.10 Å². The van der Waals surface area contributed by atoms with Gasteiger partial charge in [0.15, 0.2) is 0 Å². The number of halogens is 1. The molecule has 1 saturated heterocycles. The maximum atomic E-state index is 12.6. The van der Waals surface area contributed by atoms with Crippen LogP contribution in [0.1, 0.15) is 36.5 Å². The first-order chi connectivity index (χ1) is 10.1. The summed E-state index contributed by atoms with van der Waals surface area (Å²) in [6.07, 6.45) is 3.04. The Balaban J connectivity index is 2.06. The number of nitrogens with zero attached hydrogens (tertiary/aromatic N) is 2. The third-order valence-electron chi connectivity index (χ3n) is 3.41. The van der Waals surface area contributed by atoms with E-state index in [-0.39, 0.29) is 17.2 Å². The fourth-order valence-electron chi connectivity index (χ4n) is 2.42. The first-order valence-corrected chi connectivity index (χ1v) is 7.57. The van der Waals surface area contributed by atoms with Crippen LogP contribution in [-0.2, 0) is 4.74 Å². The molecule has 1 amide bonds. The van der Waals surface area contributed by atoms with Crippen LogP contribution in [0.3, 0.4) is 0 Å². The highest BCUT2D eigenvalue weighted by atomic mass is 35.5. The van der Waals surface area contributed by atoms with Crippen molar-refractivity contribution in [3.05, 3.63) is 22.8 Å². The lowest BCUT2D eigenvalue weighted by molar-refractivity contribution is 0.00211. The molecule has 0 aliphatic carbocycles. The second-order valence-corrected chi connectivity index (χ2v) is 5.48. The van der Waals surface area contributed by atoms with Crippen LogP contribution in [0.4, 0.5) is 5.82 Å².